The van der Waals surface area contributed by atoms with Crippen molar-refractivity contribution in [2.75, 3.05) is 11.4 Å². The molecule has 0 saturated carbocycles. The van der Waals surface area contributed by atoms with E-state index in [2.05, 4.69) is 34.5 Å². The molecule has 24 heavy (non-hydrogen) atoms. The first-order valence-electron chi connectivity index (χ1n) is 7.98. The Balaban J connectivity index is 2.02. The van der Waals surface area contributed by atoms with Crippen molar-refractivity contribution in [1.82, 2.24) is 5.32 Å². The molecule has 1 amide bonds. The molecular weight excluding hydrogens is 300 g/mol. The van der Waals surface area contributed by atoms with Crippen molar-refractivity contribution in [3.05, 3.63) is 72.9 Å². The summed E-state index contributed by atoms with van der Waals surface area (Å²) in [6, 6.07) is 20.2. The lowest BCUT2D eigenvalue weighted by molar-refractivity contribution is 0.0552. The lowest BCUT2D eigenvalue weighted by atomic mass is 10.2. The predicted octanol–water partition coefficient (Wildman–Crippen LogP) is 4.86. The quantitative estimate of drug-likeness (QED) is 0.853. The van der Waals surface area contributed by atoms with Gasteiger partial charge in [0.2, 0.25) is 0 Å². The van der Waals surface area contributed by atoms with E-state index < -0.39 is 11.7 Å². The number of nitrogens with zero attached hydrogens (tertiary/aromatic N) is 1. The monoisotopic (exact) mass is 324 g/mol. The van der Waals surface area contributed by atoms with E-state index in [1.807, 2.05) is 63.2 Å². The molecule has 0 heterocycles. The Hall–Kier alpha value is -2.75. The topological polar surface area (TPSA) is 41.6 Å². The fraction of sp³-hybridized carbons (Fsp3) is 0.250. The summed E-state index contributed by atoms with van der Waals surface area (Å²) in [5.41, 5.74) is 1.68. The number of ether oxygens (including phenoxy) is 1. The summed E-state index contributed by atoms with van der Waals surface area (Å²) in [5, 5.41) is 2.63. The number of benzene rings is 2. The normalized spacial score (nSPS) is 11.3. The molecule has 1 N–H and O–H groups in total. The number of hydrogen-bond donors (Lipinski definition) is 1. The Morgan fingerprint density at radius 1 is 1.00 bits per heavy atom. The molecule has 0 atom stereocenters. The van der Waals surface area contributed by atoms with Gasteiger partial charge in [0, 0.05) is 24.1 Å². The van der Waals surface area contributed by atoms with Crippen molar-refractivity contribution in [2.45, 2.75) is 26.4 Å². The Kier molecular flexibility index (Phi) is 6.01. The van der Waals surface area contributed by atoms with E-state index in [1.54, 1.807) is 6.20 Å². The molecule has 2 rings (SSSR count). The van der Waals surface area contributed by atoms with Crippen LogP contribution < -0.4 is 10.2 Å². The standard InChI is InChI=1S/C20H24N2O2/c1-20(2,3)24-19(23)21-15-10-16-22(17-11-6-4-7-12-17)18-13-8-5-9-14-18/h4-15H,16H2,1-3H3,(H,21,23)/b15-10+. The molecule has 0 bridgehead atoms. The predicted molar refractivity (Wildman–Crippen MR) is 98.4 cm³/mol. The van der Waals surface area contributed by atoms with Crippen LogP contribution >= 0.6 is 0 Å². The van der Waals surface area contributed by atoms with Crippen LogP contribution in [-0.4, -0.2) is 18.2 Å². The van der Waals surface area contributed by atoms with Crippen molar-refractivity contribution in [1.29, 1.82) is 0 Å². The Bertz CT molecular complexity index is 622. The number of hydrogen-bond acceptors (Lipinski definition) is 3. The first-order valence-corrected chi connectivity index (χ1v) is 7.98. The molecule has 0 aromatic heterocycles. The average Bonchev–Trinajstić information content (AvgIpc) is 2.55. The zero-order valence-electron chi connectivity index (χ0n) is 14.4. The molecule has 0 unspecified atom stereocenters. The second-order valence-corrected chi connectivity index (χ2v) is 6.33. The third-order valence-corrected chi connectivity index (χ3v) is 3.14. The van der Waals surface area contributed by atoms with Crippen LogP contribution in [0.2, 0.25) is 0 Å². The Labute approximate surface area is 143 Å². The van der Waals surface area contributed by atoms with Crippen LogP contribution in [0.1, 0.15) is 20.8 Å². The van der Waals surface area contributed by atoms with Crippen LogP contribution in [0.3, 0.4) is 0 Å². The number of carbonyl (C=O) groups is 1. The van der Waals surface area contributed by atoms with Crippen LogP contribution in [-0.2, 0) is 4.74 Å². The summed E-state index contributed by atoms with van der Waals surface area (Å²) < 4.78 is 5.20. The van der Waals surface area contributed by atoms with Crippen LogP contribution in [0.15, 0.2) is 72.9 Å². The van der Waals surface area contributed by atoms with E-state index in [-0.39, 0.29) is 0 Å². The molecule has 0 aliphatic heterocycles. The minimum Gasteiger partial charge on any atom is -0.444 e. The van der Waals surface area contributed by atoms with Crippen LogP contribution in [0.5, 0.6) is 0 Å². The third kappa shape index (κ3) is 5.80. The Morgan fingerprint density at radius 3 is 1.96 bits per heavy atom. The third-order valence-electron chi connectivity index (χ3n) is 3.14. The maximum absolute atomic E-state index is 11.6. The number of rotatable bonds is 5. The highest BCUT2D eigenvalue weighted by Gasteiger charge is 2.14. The second-order valence-electron chi connectivity index (χ2n) is 6.33. The van der Waals surface area contributed by atoms with Gasteiger partial charge >= 0.3 is 6.09 Å². The minimum absolute atomic E-state index is 0.454. The smallest absolute Gasteiger partial charge is 0.411 e. The molecule has 0 aliphatic carbocycles. The van der Waals surface area contributed by atoms with Gasteiger partial charge in [0.15, 0.2) is 0 Å². The summed E-state index contributed by atoms with van der Waals surface area (Å²) in [5.74, 6) is 0. The van der Waals surface area contributed by atoms with E-state index in [0.29, 0.717) is 6.54 Å². The van der Waals surface area contributed by atoms with Gasteiger partial charge in [-0.1, -0.05) is 36.4 Å². The highest BCUT2D eigenvalue weighted by atomic mass is 16.6. The zero-order chi connectivity index (χ0) is 17.4. The van der Waals surface area contributed by atoms with Crippen molar-refractivity contribution in [2.24, 2.45) is 0 Å². The van der Waals surface area contributed by atoms with Crippen molar-refractivity contribution in [3.8, 4) is 0 Å². The summed E-state index contributed by atoms with van der Waals surface area (Å²) >= 11 is 0. The van der Waals surface area contributed by atoms with Crippen LogP contribution in [0, 0.1) is 0 Å². The molecule has 126 valence electrons. The Morgan fingerprint density at radius 2 is 1.50 bits per heavy atom. The maximum atomic E-state index is 11.6. The number of carbonyl (C=O) groups excluding carboxylic acids is 1. The molecule has 2 aromatic carbocycles. The van der Waals surface area contributed by atoms with Gasteiger partial charge < -0.3 is 9.64 Å². The average molecular weight is 324 g/mol. The summed E-state index contributed by atoms with van der Waals surface area (Å²) in [6.07, 6.45) is 3.06. The van der Waals surface area contributed by atoms with Crippen molar-refractivity contribution < 1.29 is 9.53 Å². The molecule has 0 spiro atoms. The van der Waals surface area contributed by atoms with Gasteiger partial charge in [-0.25, -0.2) is 4.79 Å². The molecule has 0 aliphatic rings. The molecule has 4 heteroatoms. The maximum Gasteiger partial charge on any atom is 0.411 e. The number of nitrogens with one attached hydrogen (secondary N) is 1. The highest BCUT2D eigenvalue weighted by Crippen LogP contribution is 2.24. The first-order chi connectivity index (χ1) is 11.5. The van der Waals surface area contributed by atoms with E-state index in [1.165, 1.54) is 0 Å². The number of alkyl carbamates (subject to hydrolysis) is 1. The number of anilines is 2. The number of amides is 1. The summed E-state index contributed by atoms with van der Waals surface area (Å²) in [6.45, 7) is 6.14. The molecule has 0 fully saturated rings. The SMILES string of the molecule is CC(C)(C)OC(=O)N/C=C/CN(c1ccccc1)c1ccccc1. The molecule has 0 radical (unpaired) electrons. The lowest BCUT2D eigenvalue weighted by Crippen LogP contribution is -2.29. The van der Waals surface area contributed by atoms with E-state index in [0.717, 1.165) is 11.4 Å². The van der Waals surface area contributed by atoms with Gasteiger partial charge in [0.05, 0.1) is 0 Å². The fourth-order valence-electron chi connectivity index (χ4n) is 2.17. The van der Waals surface area contributed by atoms with E-state index in [9.17, 15) is 4.79 Å². The number of para-hydroxylation sites is 2. The van der Waals surface area contributed by atoms with Gasteiger partial charge in [-0.15, -0.1) is 0 Å². The van der Waals surface area contributed by atoms with Gasteiger partial charge in [0.25, 0.3) is 0 Å². The van der Waals surface area contributed by atoms with Gasteiger partial charge in [-0.2, -0.15) is 0 Å². The lowest BCUT2D eigenvalue weighted by Gasteiger charge is -2.23. The molecule has 4 nitrogen and oxygen atoms in total. The van der Waals surface area contributed by atoms with Crippen molar-refractivity contribution in [3.63, 3.8) is 0 Å². The van der Waals surface area contributed by atoms with E-state index >= 15 is 0 Å². The van der Waals surface area contributed by atoms with E-state index in [4.69, 9.17) is 4.74 Å². The minimum atomic E-state index is -0.502. The second kappa shape index (κ2) is 8.20. The van der Waals surface area contributed by atoms with Crippen molar-refractivity contribution >= 4 is 17.5 Å². The van der Waals surface area contributed by atoms with Gasteiger partial charge in [-0.05, 0) is 51.1 Å². The summed E-state index contributed by atoms with van der Waals surface area (Å²) in [4.78, 5) is 13.8. The highest BCUT2D eigenvalue weighted by molar-refractivity contribution is 5.69. The molecular formula is C20H24N2O2. The van der Waals surface area contributed by atoms with Gasteiger partial charge in [0.1, 0.15) is 5.60 Å². The first kappa shape index (κ1) is 17.6. The zero-order valence-corrected chi connectivity index (χ0v) is 14.4. The van der Waals surface area contributed by atoms with Crippen LogP contribution in [0.4, 0.5) is 16.2 Å². The fourth-order valence-corrected chi connectivity index (χ4v) is 2.17. The van der Waals surface area contributed by atoms with Crippen LogP contribution in [0.25, 0.3) is 0 Å². The summed E-state index contributed by atoms with van der Waals surface area (Å²) in [7, 11) is 0. The largest absolute Gasteiger partial charge is 0.444 e. The van der Waals surface area contributed by atoms with Gasteiger partial charge in [-0.3, -0.25) is 5.32 Å². The molecule has 0 saturated heterocycles. The molecule has 2 aromatic rings.